The first-order valence-corrected chi connectivity index (χ1v) is 5.48. The van der Waals surface area contributed by atoms with E-state index in [0.717, 1.165) is 0 Å². The lowest BCUT2D eigenvalue weighted by Gasteiger charge is -2.26. The molecule has 1 fully saturated rings. The van der Waals surface area contributed by atoms with Gasteiger partial charge in [0.25, 0.3) is 0 Å². The molecule has 0 aromatic carbocycles. The first-order chi connectivity index (χ1) is 7.69. The molecule has 2 unspecified atom stereocenters. The van der Waals surface area contributed by atoms with Gasteiger partial charge in [0.15, 0.2) is 0 Å². The maximum Gasteiger partial charge on any atom is 0.394 e. The van der Waals surface area contributed by atoms with Crippen LogP contribution in [0.15, 0.2) is 0 Å². The molecule has 4 nitrogen and oxygen atoms in total. The number of alkyl halides is 3. The van der Waals surface area contributed by atoms with E-state index in [9.17, 15) is 18.0 Å². The van der Waals surface area contributed by atoms with E-state index in [-0.39, 0.29) is 13.1 Å². The summed E-state index contributed by atoms with van der Waals surface area (Å²) in [6.45, 7) is 1.80. The topological polar surface area (TPSA) is 72.4 Å². The summed E-state index contributed by atoms with van der Waals surface area (Å²) in [6.07, 6.45) is -3.79. The van der Waals surface area contributed by atoms with Crippen molar-refractivity contribution in [1.82, 2.24) is 4.90 Å². The normalized spacial score (nSPS) is 28.3. The average Bonchev–Trinajstić information content (AvgIpc) is 2.56. The Labute approximate surface area is 98.1 Å². The van der Waals surface area contributed by atoms with Gasteiger partial charge in [-0.05, 0) is 19.9 Å². The Kier molecular flexibility index (Phi) is 4.03. The largest absolute Gasteiger partial charge is 0.394 e. The van der Waals surface area contributed by atoms with Crippen LogP contribution in [-0.4, -0.2) is 43.2 Å². The Balaban J connectivity index is 2.58. The number of rotatable bonds is 4. The molecule has 0 aromatic heterocycles. The smallest absolute Gasteiger partial charge is 0.369 e. The molecule has 0 aromatic rings. The van der Waals surface area contributed by atoms with Crippen molar-refractivity contribution >= 4 is 5.91 Å². The Morgan fingerprint density at radius 1 is 1.53 bits per heavy atom. The van der Waals surface area contributed by atoms with Crippen molar-refractivity contribution in [1.29, 1.82) is 0 Å². The molecule has 1 rings (SSSR count). The van der Waals surface area contributed by atoms with Crippen molar-refractivity contribution in [3.05, 3.63) is 0 Å². The van der Waals surface area contributed by atoms with Crippen molar-refractivity contribution in [2.75, 3.05) is 26.2 Å². The third kappa shape index (κ3) is 3.32. The third-order valence-corrected chi connectivity index (χ3v) is 3.37. The minimum absolute atomic E-state index is 0.164. The molecule has 17 heavy (non-hydrogen) atoms. The maximum absolute atomic E-state index is 12.5. The quantitative estimate of drug-likeness (QED) is 0.758. The fourth-order valence-electron chi connectivity index (χ4n) is 2.04. The van der Waals surface area contributed by atoms with E-state index >= 15 is 0 Å². The van der Waals surface area contributed by atoms with Crippen LogP contribution in [0, 0.1) is 11.3 Å². The summed E-state index contributed by atoms with van der Waals surface area (Å²) in [5, 5.41) is 0. The molecule has 0 spiro atoms. The second kappa shape index (κ2) is 4.81. The summed E-state index contributed by atoms with van der Waals surface area (Å²) >= 11 is 0. The monoisotopic (exact) mass is 253 g/mol. The molecule has 4 N–H and O–H groups in total. The Morgan fingerprint density at radius 3 is 2.47 bits per heavy atom. The number of primary amides is 1. The molecule has 100 valence electrons. The van der Waals surface area contributed by atoms with Crippen LogP contribution in [0.3, 0.4) is 0 Å². The molecule has 7 heteroatoms. The van der Waals surface area contributed by atoms with E-state index in [1.54, 1.807) is 11.8 Å². The Morgan fingerprint density at radius 2 is 2.12 bits per heavy atom. The Bertz CT molecular complexity index is 295. The van der Waals surface area contributed by atoms with Gasteiger partial charge in [-0.2, -0.15) is 13.2 Å². The van der Waals surface area contributed by atoms with Gasteiger partial charge < -0.3 is 16.4 Å². The summed E-state index contributed by atoms with van der Waals surface area (Å²) in [5.74, 6) is -2.01. The minimum Gasteiger partial charge on any atom is -0.369 e. The maximum atomic E-state index is 12.5. The van der Waals surface area contributed by atoms with Crippen LogP contribution in [0.1, 0.15) is 13.3 Å². The number of hydrogen-bond donors (Lipinski definition) is 2. The summed E-state index contributed by atoms with van der Waals surface area (Å²) in [6, 6.07) is 0. The number of nitrogens with zero attached hydrogens (tertiary/aromatic N) is 1. The second-order valence-electron chi connectivity index (χ2n) is 4.88. The van der Waals surface area contributed by atoms with Crippen LogP contribution in [0.5, 0.6) is 0 Å². The predicted molar refractivity (Wildman–Crippen MR) is 57.0 cm³/mol. The standard InChI is InChI=1S/C10H18F3N3O/c1-9(8(15)17)2-3-16(6-9)5-7(4-14)10(11,12)13/h7H,2-6,14H2,1H3,(H2,15,17). The fraction of sp³-hybridized carbons (Fsp3) is 0.900. The number of likely N-dealkylation sites (tertiary alicyclic amines) is 1. The number of halogens is 3. The molecular weight excluding hydrogens is 235 g/mol. The highest BCUT2D eigenvalue weighted by atomic mass is 19.4. The van der Waals surface area contributed by atoms with Crippen LogP contribution in [0.25, 0.3) is 0 Å². The van der Waals surface area contributed by atoms with Gasteiger partial charge in [-0.3, -0.25) is 4.79 Å². The zero-order valence-electron chi connectivity index (χ0n) is 9.76. The first kappa shape index (κ1) is 14.2. The molecule has 2 atom stereocenters. The van der Waals surface area contributed by atoms with Gasteiger partial charge in [0.05, 0.1) is 11.3 Å². The van der Waals surface area contributed by atoms with Crippen LogP contribution < -0.4 is 11.5 Å². The molecule has 1 aliphatic rings. The van der Waals surface area contributed by atoms with Gasteiger partial charge >= 0.3 is 6.18 Å². The van der Waals surface area contributed by atoms with Crippen molar-refractivity contribution in [2.24, 2.45) is 22.8 Å². The molecule has 0 radical (unpaired) electrons. The van der Waals surface area contributed by atoms with E-state index < -0.39 is 30.0 Å². The van der Waals surface area contributed by atoms with Crippen LogP contribution in [-0.2, 0) is 4.79 Å². The summed E-state index contributed by atoms with van der Waals surface area (Å²) < 4.78 is 37.6. The number of nitrogens with two attached hydrogens (primary N) is 2. The van der Waals surface area contributed by atoms with Gasteiger partial charge in [0, 0.05) is 19.6 Å². The van der Waals surface area contributed by atoms with Crippen LogP contribution >= 0.6 is 0 Å². The molecule has 0 saturated carbocycles. The highest BCUT2D eigenvalue weighted by Gasteiger charge is 2.44. The molecule has 1 saturated heterocycles. The van der Waals surface area contributed by atoms with Gasteiger partial charge in [-0.1, -0.05) is 0 Å². The summed E-state index contributed by atoms with van der Waals surface area (Å²) in [7, 11) is 0. The van der Waals surface area contributed by atoms with Crippen molar-refractivity contribution < 1.29 is 18.0 Å². The Hall–Kier alpha value is -0.820. The predicted octanol–water partition coefficient (Wildman–Crippen LogP) is 0.321. The zero-order valence-corrected chi connectivity index (χ0v) is 9.76. The third-order valence-electron chi connectivity index (χ3n) is 3.37. The van der Waals surface area contributed by atoms with E-state index in [1.165, 1.54) is 0 Å². The number of amides is 1. The first-order valence-electron chi connectivity index (χ1n) is 5.48. The summed E-state index contributed by atoms with van der Waals surface area (Å²) in [5.41, 5.74) is 9.64. The molecule has 1 amide bonds. The van der Waals surface area contributed by atoms with Crippen LogP contribution in [0.2, 0.25) is 0 Å². The summed E-state index contributed by atoms with van der Waals surface area (Å²) in [4.78, 5) is 12.8. The molecule has 1 heterocycles. The molecular formula is C10H18F3N3O. The van der Waals surface area contributed by atoms with E-state index in [2.05, 4.69) is 0 Å². The molecule has 0 bridgehead atoms. The lowest BCUT2D eigenvalue weighted by Crippen LogP contribution is -2.42. The van der Waals surface area contributed by atoms with Crippen molar-refractivity contribution in [3.63, 3.8) is 0 Å². The van der Waals surface area contributed by atoms with Crippen molar-refractivity contribution in [2.45, 2.75) is 19.5 Å². The van der Waals surface area contributed by atoms with Gasteiger partial charge in [0.1, 0.15) is 0 Å². The SMILES string of the molecule is CC1(C(N)=O)CCN(CC(CN)C(F)(F)F)C1. The number of carbonyl (C=O) groups is 1. The number of carbonyl (C=O) groups excluding carboxylic acids is 1. The number of hydrogen-bond acceptors (Lipinski definition) is 3. The molecule has 0 aliphatic carbocycles. The second-order valence-corrected chi connectivity index (χ2v) is 4.88. The van der Waals surface area contributed by atoms with Gasteiger partial charge in [-0.25, -0.2) is 0 Å². The lowest BCUT2D eigenvalue weighted by molar-refractivity contribution is -0.175. The lowest BCUT2D eigenvalue weighted by atomic mass is 9.89. The van der Waals surface area contributed by atoms with Gasteiger partial charge in [0.2, 0.25) is 5.91 Å². The molecule has 1 aliphatic heterocycles. The van der Waals surface area contributed by atoms with Gasteiger partial charge in [-0.15, -0.1) is 0 Å². The van der Waals surface area contributed by atoms with E-state index in [1.807, 2.05) is 0 Å². The van der Waals surface area contributed by atoms with Crippen LogP contribution in [0.4, 0.5) is 13.2 Å². The highest BCUT2D eigenvalue weighted by Crippen LogP contribution is 2.32. The highest BCUT2D eigenvalue weighted by molar-refractivity contribution is 5.81. The van der Waals surface area contributed by atoms with Crippen molar-refractivity contribution in [3.8, 4) is 0 Å². The zero-order chi connectivity index (χ0) is 13.3. The minimum atomic E-state index is -4.29. The van der Waals surface area contributed by atoms with E-state index in [0.29, 0.717) is 13.0 Å². The average molecular weight is 253 g/mol. The van der Waals surface area contributed by atoms with E-state index in [4.69, 9.17) is 11.5 Å². The fourth-order valence-corrected chi connectivity index (χ4v) is 2.04.